The van der Waals surface area contributed by atoms with Crippen molar-refractivity contribution in [2.45, 2.75) is 13.8 Å². The Morgan fingerprint density at radius 3 is 1.89 bits per heavy atom. The standard InChI is InChI=1S/C4H10OPS2.Na.H/c1-3-7-6(5)8-4-2;;/h3-4H2,1-2H3;;/q2*+1;-1. The van der Waals surface area contributed by atoms with Crippen molar-refractivity contribution in [1.82, 2.24) is 0 Å². The van der Waals surface area contributed by atoms with Gasteiger partial charge < -0.3 is 1.43 Å². The quantitative estimate of drug-likeness (QED) is 0.471. The van der Waals surface area contributed by atoms with Crippen molar-refractivity contribution in [2.24, 2.45) is 0 Å². The summed E-state index contributed by atoms with van der Waals surface area (Å²) >= 11 is 3.06. The molecule has 0 rings (SSSR count). The monoisotopic (exact) mass is 193 g/mol. The first-order valence-electron chi connectivity index (χ1n) is 2.54. The van der Waals surface area contributed by atoms with Crippen LogP contribution in [0.15, 0.2) is 0 Å². The van der Waals surface area contributed by atoms with E-state index in [0.717, 1.165) is 11.5 Å². The van der Waals surface area contributed by atoms with Gasteiger partial charge in [0.1, 0.15) is 22.8 Å². The van der Waals surface area contributed by atoms with Gasteiger partial charge in [-0.1, -0.05) is 13.8 Å². The van der Waals surface area contributed by atoms with Gasteiger partial charge in [-0.05, 0) is 4.57 Å². The largest absolute Gasteiger partial charge is 1.00 e. The van der Waals surface area contributed by atoms with Crippen molar-refractivity contribution in [3.8, 4) is 0 Å². The van der Waals surface area contributed by atoms with Gasteiger partial charge in [0.15, 0.2) is 0 Å². The summed E-state index contributed by atoms with van der Waals surface area (Å²) in [5.74, 6) is 1.92. The van der Waals surface area contributed by atoms with E-state index in [2.05, 4.69) is 0 Å². The molecule has 0 aliphatic rings. The van der Waals surface area contributed by atoms with Crippen LogP contribution in [0, 0.1) is 0 Å². The molecule has 0 N–H and O–H groups in total. The average molecular weight is 193 g/mol. The maximum Gasteiger partial charge on any atom is 1.00 e. The predicted molar refractivity (Wildman–Crippen MR) is 45.0 cm³/mol. The van der Waals surface area contributed by atoms with Crippen LogP contribution in [0.2, 0.25) is 0 Å². The minimum Gasteiger partial charge on any atom is -1.00 e. The Kier molecular flexibility index (Phi) is 14.6. The number of hydrogen-bond donors (Lipinski definition) is 0. The van der Waals surface area contributed by atoms with Gasteiger partial charge in [-0.25, -0.2) is 0 Å². The number of hydrogen-bond acceptors (Lipinski definition) is 3. The molecule has 0 aromatic carbocycles. The molecule has 0 spiro atoms. The van der Waals surface area contributed by atoms with Gasteiger partial charge >= 0.3 is 35.8 Å². The molecule has 0 radical (unpaired) electrons. The Morgan fingerprint density at radius 2 is 1.67 bits per heavy atom. The maximum absolute atomic E-state index is 10.7. The van der Waals surface area contributed by atoms with Crippen molar-refractivity contribution in [2.75, 3.05) is 11.5 Å². The Balaban J connectivity index is -0.000000245. The maximum atomic E-state index is 10.7. The molecule has 0 amide bonds. The molecule has 1 nitrogen and oxygen atoms in total. The molecule has 0 bridgehead atoms. The van der Waals surface area contributed by atoms with Crippen LogP contribution in [0.5, 0.6) is 0 Å². The zero-order valence-electron chi connectivity index (χ0n) is 7.09. The van der Waals surface area contributed by atoms with Crippen LogP contribution in [-0.4, -0.2) is 11.5 Å². The summed E-state index contributed by atoms with van der Waals surface area (Å²) in [6.07, 6.45) is -0.997. The van der Waals surface area contributed by atoms with Gasteiger partial charge in [0.25, 0.3) is 0 Å². The normalized spacial score (nSPS) is 8.22. The zero-order valence-corrected chi connectivity index (χ0v) is 10.6. The average Bonchev–Trinajstić information content (AvgIpc) is 1.68. The van der Waals surface area contributed by atoms with Gasteiger partial charge in [0.2, 0.25) is 0 Å². The molecule has 0 heterocycles. The molecule has 0 unspecified atom stereocenters. The second-order valence-electron chi connectivity index (χ2n) is 1.06. The molecule has 0 aliphatic carbocycles. The molecule has 0 atom stereocenters. The van der Waals surface area contributed by atoms with Crippen LogP contribution < -0.4 is 29.6 Å². The van der Waals surface area contributed by atoms with E-state index in [1.54, 1.807) is 0 Å². The van der Waals surface area contributed by atoms with Gasteiger partial charge in [-0.15, -0.1) is 0 Å². The van der Waals surface area contributed by atoms with Crippen molar-refractivity contribution in [3.63, 3.8) is 0 Å². The summed E-state index contributed by atoms with van der Waals surface area (Å²) in [5.41, 5.74) is 0. The molecule has 5 heteroatoms. The SMILES string of the molecule is CCS[P+](=O)SCC.[H-].[Na+]. The predicted octanol–water partition coefficient (Wildman–Crippen LogP) is 0.266. The summed E-state index contributed by atoms with van der Waals surface area (Å²) in [6, 6.07) is 0. The Morgan fingerprint density at radius 1 is 1.33 bits per heavy atom. The summed E-state index contributed by atoms with van der Waals surface area (Å²) in [6.45, 7) is 4.04. The van der Waals surface area contributed by atoms with Crippen molar-refractivity contribution < 1.29 is 35.5 Å². The summed E-state index contributed by atoms with van der Waals surface area (Å²) in [7, 11) is 0. The van der Waals surface area contributed by atoms with E-state index in [-0.39, 0.29) is 31.0 Å². The van der Waals surface area contributed by atoms with Crippen molar-refractivity contribution in [3.05, 3.63) is 0 Å². The van der Waals surface area contributed by atoms with Gasteiger partial charge in [-0.2, -0.15) is 0 Å². The summed E-state index contributed by atoms with van der Waals surface area (Å²) in [5, 5.41) is 0. The molecule has 0 fully saturated rings. The molecule has 50 valence electrons. The second-order valence-corrected chi connectivity index (χ2v) is 7.41. The first-order valence-corrected chi connectivity index (χ1v) is 6.98. The first-order chi connectivity index (χ1) is 3.81. The smallest absolute Gasteiger partial charge is 1.00 e. The molecule has 0 saturated heterocycles. The van der Waals surface area contributed by atoms with Crippen LogP contribution in [0.1, 0.15) is 15.3 Å². The van der Waals surface area contributed by atoms with E-state index in [4.69, 9.17) is 0 Å². The minimum atomic E-state index is -0.997. The van der Waals surface area contributed by atoms with Crippen LogP contribution in [-0.2, 0) is 4.57 Å². The molecule has 0 aromatic rings. The van der Waals surface area contributed by atoms with Crippen molar-refractivity contribution in [1.29, 1.82) is 0 Å². The summed E-state index contributed by atoms with van der Waals surface area (Å²) < 4.78 is 10.7. The van der Waals surface area contributed by atoms with E-state index in [0.29, 0.717) is 0 Å². The number of rotatable bonds is 4. The molecule has 9 heavy (non-hydrogen) atoms. The second kappa shape index (κ2) is 9.80. The van der Waals surface area contributed by atoms with E-state index in [1.165, 1.54) is 22.8 Å². The van der Waals surface area contributed by atoms with Crippen LogP contribution in [0.4, 0.5) is 0 Å². The van der Waals surface area contributed by atoms with Gasteiger partial charge in [0, 0.05) is 11.5 Å². The molecule has 0 saturated carbocycles. The fourth-order valence-electron chi connectivity index (χ4n) is 0.248. The fraction of sp³-hybridized carbons (Fsp3) is 1.00. The van der Waals surface area contributed by atoms with E-state index in [1.807, 2.05) is 13.8 Å². The topological polar surface area (TPSA) is 17.1 Å². The van der Waals surface area contributed by atoms with E-state index >= 15 is 0 Å². The van der Waals surface area contributed by atoms with Crippen LogP contribution in [0.3, 0.4) is 0 Å². The summed E-state index contributed by atoms with van der Waals surface area (Å²) in [4.78, 5) is 0. The van der Waals surface area contributed by atoms with Crippen LogP contribution in [0.25, 0.3) is 0 Å². The molecule has 0 aliphatic heterocycles. The van der Waals surface area contributed by atoms with Crippen molar-refractivity contribution >= 4 is 29.0 Å². The third-order valence-corrected chi connectivity index (χ3v) is 6.12. The Bertz CT molecular complexity index is 77.7. The minimum absolute atomic E-state index is 0. The van der Waals surface area contributed by atoms with Crippen LogP contribution >= 0.6 is 29.0 Å². The third-order valence-electron chi connectivity index (χ3n) is 0.469. The zero-order chi connectivity index (χ0) is 6.41. The molecular formula is C4H11NaOPS2+. The van der Waals surface area contributed by atoms with Gasteiger partial charge in [0.05, 0.1) is 0 Å². The third kappa shape index (κ3) is 9.80. The Labute approximate surface area is 89.2 Å². The van der Waals surface area contributed by atoms with E-state index in [9.17, 15) is 4.57 Å². The fourth-order valence-corrected chi connectivity index (χ4v) is 4.80. The first kappa shape index (κ1) is 13.4. The van der Waals surface area contributed by atoms with E-state index < -0.39 is 6.20 Å². The Hall–Kier alpha value is 1.80. The molecule has 0 aromatic heterocycles. The van der Waals surface area contributed by atoms with Gasteiger partial charge in [-0.3, -0.25) is 0 Å². The molecular weight excluding hydrogens is 182 g/mol.